The summed E-state index contributed by atoms with van der Waals surface area (Å²) in [5.74, 6) is 0.887. The lowest BCUT2D eigenvalue weighted by molar-refractivity contribution is 0.383. The van der Waals surface area contributed by atoms with Crippen LogP contribution in [0.5, 0.6) is 0 Å². The van der Waals surface area contributed by atoms with Crippen LogP contribution in [0.3, 0.4) is 0 Å². The van der Waals surface area contributed by atoms with Crippen LogP contribution in [0.1, 0.15) is 11.4 Å². The highest BCUT2D eigenvalue weighted by Gasteiger charge is 2.33. The van der Waals surface area contributed by atoms with E-state index < -0.39 is 10.0 Å². The van der Waals surface area contributed by atoms with Crippen molar-refractivity contribution >= 4 is 15.8 Å². The molecule has 0 saturated carbocycles. The van der Waals surface area contributed by atoms with E-state index in [2.05, 4.69) is 15.0 Å². The van der Waals surface area contributed by atoms with E-state index in [4.69, 9.17) is 0 Å². The van der Waals surface area contributed by atoms with Crippen molar-refractivity contribution in [3.8, 4) is 0 Å². The summed E-state index contributed by atoms with van der Waals surface area (Å²) < 4.78 is 29.0. The molecule has 0 spiro atoms. The molecule has 2 aromatic rings. The van der Waals surface area contributed by atoms with Crippen molar-refractivity contribution < 1.29 is 8.42 Å². The minimum absolute atomic E-state index is 0.339. The average molecular weight is 335 g/mol. The van der Waals surface area contributed by atoms with E-state index in [1.807, 2.05) is 18.2 Å². The lowest BCUT2D eigenvalue weighted by Crippen LogP contribution is -2.49. The monoisotopic (exact) mass is 335 g/mol. The third kappa shape index (κ3) is 2.84. The number of sulfonamides is 1. The number of pyridine rings is 1. The van der Waals surface area contributed by atoms with Crippen molar-refractivity contribution in [2.75, 3.05) is 31.1 Å². The molecule has 0 N–H and O–H groups in total. The molecule has 7 nitrogen and oxygen atoms in total. The first-order valence-electron chi connectivity index (χ1n) is 7.57. The fourth-order valence-corrected chi connectivity index (χ4v) is 4.78. The van der Waals surface area contributed by atoms with Crippen LogP contribution < -0.4 is 4.90 Å². The van der Waals surface area contributed by atoms with Gasteiger partial charge in [-0.25, -0.2) is 13.4 Å². The van der Waals surface area contributed by atoms with Crippen molar-refractivity contribution in [3.05, 3.63) is 35.8 Å². The van der Waals surface area contributed by atoms with E-state index in [1.54, 1.807) is 36.1 Å². The lowest BCUT2D eigenvalue weighted by atomic mass is 10.3. The molecule has 1 fully saturated rings. The summed E-state index contributed by atoms with van der Waals surface area (Å²) in [6.45, 7) is 5.70. The maximum Gasteiger partial charge on any atom is 0.246 e. The third-order valence-corrected chi connectivity index (χ3v) is 6.40. The average Bonchev–Trinajstić information content (AvgIpc) is 2.81. The first kappa shape index (κ1) is 15.9. The molecule has 124 valence electrons. The third-order valence-electron chi connectivity index (χ3n) is 4.25. The molecule has 3 rings (SSSR count). The molecule has 8 heteroatoms. The molecule has 0 amide bonds. The molecule has 0 radical (unpaired) electrons. The van der Waals surface area contributed by atoms with E-state index in [1.165, 1.54) is 0 Å². The Morgan fingerprint density at radius 1 is 1.09 bits per heavy atom. The molecule has 0 aromatic carbocycles. The molecule has 0 bridgehead atoms. The Bertz CT molecular complexity index is 793. The molecular formula is C15H21N5O2S. The molecule has 0 unspecified atom stereocenters. The van der Waals surface area contributed by atoms with Crippen LogP contribution in [-0.2, 0) is 17.1 Å². The van der Waals surface area contributed by atoms with Crippen molar-refractivity contribution in [1.82, 2.24) is 19.1 Å². The van der Waals surface area contributed by atoms with Crippen LogP contribution >= 0.6 is 0 Å². The lowest BCUT2D eigenvalue weighted by Gasteiger charge is -2.34. The Morgan fingerprint density at radius 2 is 1.78 bits per heavy atom. The van der Waals surface area contributed by atoms with Crippen LogP contribution in [0.2, 0.25) is 0 Å². The van der Waals surface area contributed by atoms with Gasteiger partial charge in [-0.15, -0.1) is 0 Å². The van der Waals surface area contributed by atoms with Crippen LogP contribution in [0, 0.1) is 13.8 Å². The first-order chi connectivity index (χ1) is 10.9. The number of nitrogens with zero attached hydrogens (tertiary/aromatic N) is 5. The second-order valence-corrected chi connectivity index (χ2v) is 7.58. The predicted octanol–water partition coefficient (Wildman–Crippen LogP) is 0.943. The van der Waals surface area contributed by atoms with Gasteiger partial charge in [0, 0.05) is 39.4 Å². The van der Waals surface area contributed by atoms with E-state index in [9.17, 15) is 8.42 Å². The van der Waals surface area contributed by atoms with Gasteiger partial charge in [-0.2, -0.15) is 9.40 Å². The molecular weight excluding hydrogens is 314 g/mol. The number of hydrogen-bond acceptors (Lipinski definition) is 5. The fraction of sp³-hybridized carbons (Fsp3) is 0.467. The van der Waals surface area contributed by atoms with Gasteiger partial charge in [0.05, 0.1) is 11.4 Å². The standard InChI is InChI=1S/C15H21N5O2S/c1-12-15(13(2)18(3)17-12)23(21,22)20-10-8-19(9-11-20)14-6-4-5-7-16-14/h4-7H,8-11H2,1-3H3. The van der Waals surface area contributed by atoms with E-state index >= 15 is 0 Å². The zero-order valence-electron chi connectivity index (χ0n) is 13.6. The van der Waals surface area contributed by atoms with Crippen molar-refractivity contribution in [1.29, 1.82) is 0 Å². The van der Waals surface area contributed by atoms with Gasteiger partial charge in [0.1, 0.15) is 10.7 Å². The van der Waals surface area contributed by atoms with E-state index in [0.29, 0.717) is 42.5 Å². The van der Waals surface area contributed by atoms with Gasteiger partial charge < -0.3 is 4.90 Å². The largest absolute Gasteiger partial charge is 0.354 e. The summed E-state index contributed by atoms with van der Waals surface area (Å²) >= 11 is 0. The molecule has 23 heavy (non-hydrogen) atoms. The second kappa shape index (κ2) is 5.93. The van der Waals surface area contributed by atoms with Gasteiger partial charge >= 0.3 is 0 Å². The Balaban J connectivity index is 1.79. The smallest absolute Gasteiger partial charge is 0.246 e. The Morgan fingerprint density at radius 3 is 2.30 bits per heavy atom. The number of hydrogen-bond donors (Lipinski definition) is 0. The van der Waals surface area contributed by atoms with Gasteiger partial charge in [-0.3, -0.25) is 4.68 Å². The van der Waals surface area contributed by atoms with Crippen molar-refractivity contribution in [2.45, 2.75) is 18.7 Å². The number of aromatic nitrogens is 3. The summed E-state index contributed by atoms with van der Waals surface area (Å²) in [6, 6.07) is 5.76. The highest BCUT2D eigenvalue weighted by Crippen LogP contribution is 2.24. The molecule has 1 saturated heterocycles. The molecule has 3 heterocycles. The molecule has 0 atom stereocenters. The Kier molecular flexibility index (Phi) is 4.11. The molecule has 1 aliphatic heterocycles. The maximum atomic E-state index is 12.9. The minimum atomic E-state index is -3.51. The summed E-state index contributed by atoms with van der Waals surface area (Å²) in [6.07, 6.45) is 1.75. The second-order valence-electron chi connectivity index (χ2n) is 5.70. The SMILES string of the molecule is Cc1nn(C)c(C)c1S(=O)(=O)N1CCN(c2ccccn2)CC1. The summed E-state index contributed by atoms with van der Waals surface area (Å²) in [7, 11) is -1.74. The van der Waals surface area contributed by atoms with Crippen LogP contribution in [-0.4, -0.2) is 53.7 Å². The van der Waals surface area contributed by atoms with Crippen LogP contribution in [0.15, 0.2) is 29.3 Å². The van der Waals surface area contributed by atoms with Crippen LogP contribution in [0.4, 0.5) is 5.82 Å². The first-order valence-corrected chi connectivity index (χ1v) is 9.01. The topological polar surface area (TPSA) is 71.3 Å². The zero-order chi connectivity index (χ0) is 16.6. The molecule has 0 aliphatic carbocycles. The number of piperazine rings is 1. The van der Waals surface area contributed by atoms with Gasteiger partial charge in [0.2, 0.25) is 10.0 Å². The fourth-order valence-electron chi connectivity index (χ4n) is 2.95. The quantitative estimate of drug-likeness (QED) is 0.835. The summed E-state index contributed by atoms with van der Waals surface area (Å²) in [5.41, 5.74) is 1.23. The van der Waals surface area contributed by atoms with Crippen LogP contribution in [0.25, 0.3) is 0 Å². The minimum Gasteiger partial charge on any atom is -0.354 e. The number of aryl methyl sites for hydroxylation is 2. The maximum absolute atomic E-state index is 12.9. The van der Waals surface area contributed by atoms with Gasteiger partial charge in [-0.05, 0) is 26.0 Å². The molecule has 2 aromatic heterocycles. The number of rotatable bonds is 3. The predicted molar refractivity (Wildman–Crippen MR) is 87.9 cm³/mol. The zero-order valence-corrected chi connectivity index (χ0v) is 14.4. The van der Waals surface area contributed by atoms with Gasteiger partial charge in [0.15, 0.2) is 0 Å². The summed E-state index contributed by atoms with van der Waals surface area (Å²) in [4.78, 5) is 6.77. The summed E-state index contributed by atoms with van der Waals surface area (Å²) in [5, 5.41) is 4.22. The van der Waals surface area contributed by atoms with Gasteiger partial charge in [0.25, 0.3) is 0 Å². The van der Waals surface area contributed by atoms with E-state index in [-0.39, 0.29) is 0 Å². The van der Waals surface area contributed by atoms with Crippen molar-refractivity contribution in [2.24, 2.45) is 7.05 Å². The highest BCUT2D eigenvalue weighted by molar-refractivity contribution is 7.89. The highest BCUT2D eigenvalue weighted by atomic mass is 32.2. The Hall–Kier alpha value is -1.93. The number of anilines is 1. The van der Waals surface area contributed by atoms with Gasteiger partial charge in [-0.1, -0.05) is 6.07 Å². The Labute approximate surface area is 136 Å². The normalized spacial score (nSPS) is 16.7. The van der Waals surface area contributed by atoms with E-state index in [0.717, 1.165) is 5.82 Å². The molecule has 1 aliphatic rings. The van der Waals surface area contributed by atoms with Crippen molar-refractivity contribution in [3.63, 3.8) is 0 Å².